The summed E-state index contributed by atoms with van der Waals surface area (Å²) in [6, 6.07) is 4.77. The van der Waals surface area contributed by atoms with Crippen LogP contribution in [0, 0.1) is 18.7 Å². The highest BCUT2D eigenvalue weighted by atomic mass is 19.4. The maximum atomic E-state index is 14.8. The number of rotatable bonds is 5. The van der Waals surface area contributed by atoms with Crippen LogP contribution >= 0.6 is 0 Å². The van der Waals surface area contributed by atoms with Crippen molar-refractivity contribution in [2.24, 2.45) is 5.92 Å². The van der Waals surface area contributed by atoms with E-state index in [2.05, 4.69) is 20.5 Å². The third kappa shape index (κ3) is 4.73. The van der Waals surface area contributed by atoms with Crippen molar-refractivity contribution in [3.8, 4) is 5.69 Å². The van der Waals surface area contributed by atoms with Crippen LogP contribution < -0.4 is 5.32 Å². The molecule has 4 rings (SSSR count). The Morgan fingerprint density at radius 2 is 1.91 bits per heavy atom. The number of hydrogen-bond acceptors (Lipinski definition) is 5. The van der Waals surface area contributed by atoms with Gasteiger partial charge in [-0.1, -0.05) is 13.0 Å². The zero-order valence-electron chi connectivity index (χ0n) is 18.7. The van der Waals surface area contributed by atoms with Gasteiger partial charge in [-0.3, -0.25) is 4.79 Å². The smallest absolute Gasteiger partial charge is 0.368 e. The molecule has 2 unspecified atom stereocenters. The summed E-state index contributed by atoms with van der Waals surface area (Å²) < 4.78 is 53.2. The van der Waals surface area contributed by atoms with E-state index in [1.165, 1.54) is 24.5 Å². The third-order valence-corrected chi connectivity index (χ3v) is 6.13. The Labute approximate surface area is 193 Å². The molecule has 1 N–H and O–H groups in total. The number of alkyl halides is 3. The Kier molecular flexibility index (Phi) is 6.54. The molecule has 1 aliphatic heterocycles. The minimum absolute atomic E-state index is 0.00987. The highest BCUT2D eigenvalue weighted by Crippen LogP contribution is 2.31. The molecule has 0 bridgehead atoms. The number of pyridine rings is 1. The lowest BCUT2D eigenvalue weighted by Gasteiger charge is -2.40. The first-order valence-electron chi connectivity index (χ1n) is 10.9. The van der Waals surface area contributed by atoms with Gasteiger partial charge in [0.15, 0.2) is 5.82 Å². The molecular weight excluding hydrogens is 452 g/mol. The molecule has 1 fully saturated rings. The van der Waals surface area contributed by atoms with Crippen LogP contribution in [0.5, 0.6) is 0 Å². The average Bonchev–Trinajstić information content (AvgIpc) is 3.33. The zero-order valence-corrected chi connectivity index (χ0v) is 18.7. The van der Waals surface area contributed by atoms with E-state index in [0.717, 1.165) is 29.9 Å². The molecule has 0 radical (unpaired) electrons. The molecule has 1 amide bonds. The van der Waals surface area contributed by atoms with E-state index in [9.17, 15) is 22.4 Å². The normalized spacial score (nSPS) is 18.7. The van der Waals surface area contributed by atoms with Crippen molar-refractivity contribution in [2.45, 2.75) is 38.9 Å². The number of nitrogens with one attached hydrogen (secondary N) is 1. The second-order valence-electron chi connectivity index (χ2n) is 8.40. The number of piperidine rings is 1. The number of aryl methyl sites for hydroxylation is 1. The summed E-state index contributed by atoms with van der Waals surface area (Å²) in [6.45, 7) is 4.50. The number of benzene rings is 1. The topological polar surface area (TPSA) is 75.9 Å². The minimum atomic E-state index is -4.46. The number of halogens is 4. The summed E-state index contributed by atoms with van der Waals surface area (Å²) in [7, 11) is 0. The van der Waals surface area contributed by atoms with Gasteiger partial charge in [0.05, 0.1) is 29.6 Å². The number of carbonyl (C=O) groups is 1. The summed E-state index contributed by atoms with van der Waals surface area (Å²) in [5.41, 5.74) is -0.0671. The Hall–Kier alpha value is -3.50. The second-order valence-corrected chi connectivity index (χ2v) is 8.40. The Morgan fingerprint density at radius 1 is 1.18 bits per heavy atom. The van der Waals surface area contributed by atoms with E-state index in [1.54, 1.807) is 17.9 Å². The van der Waals surface area contributed by atoms with E-state index in [4.69, 9.17) is 0 Å². The van der Waals surface area contributed by atoms with Gasteiger partial charge in [-0.15, -0.1) is 4.80 Å². The number of nitrogens with zero attached hydrogens (tertiary/aromatic N) is 5. The first-order chi connectivity index (χ1) is 16.2. The first kappa shape index (κ1) is 23.7. The maximum absolute atomic E-state index is 14.8. The molecule has 3 heterocycles. The van der Waals surface area contributed by atoms with Gasteiger partial charge in [0.1, 0.15) is 11.5 Å². The van der Waals surface area contributed by atoms with Crippen molar-refractivity contribution in [3.63, 3.8) is 0 Å². The zero-order chi connectivity index (χ0) is 24.5. The van der Waals surface area contributed by atoms with Crippen LogP contribution in [0.3, 0.4) is 0 Å². The lowest BCUT2D eigenvalue weighted by atomic mass is 9.89. The van der Waals surface area contributed by atoms with E-state index in [0.29, 0.717) is 12.1 Å². The average molecular weight is 476 g/mol. The van der Waals surface area contributed by atoms with Gasteiger partial charge in [-0.25, -0.2) is 9.37 Å². The lowest BCUT2D eigenvalue weighted by molar-refractivity contribution is -0.137. The number of anilines is 1. The number of amides is 1. The fourth-order valence-electron chi connectivity index (χ4n) is 4.29. The standard InChI is InChI=1S/C23H24F4N6O/c1-14-4-3-11-32(18(14)13-29-19-8-6-16(12-28-19)23(25,26)27)22(34)20-15(2)5-7-17(24)21(20)33-30-9-10-31-33/h5-10,12,14,18H,3-4,11,13H2,1-2H3,(H,28,29). The van der Waals surface area contributed by atoms with E-state index >= 15 is 0 Å². The molecule has 1 saturated heterocycles. The van der Waals surface area contributed by atoms with Gasteiger partial charge in [0.2, 0.25) is 0 Å². The number of likely N-dealkylation sites (tertiary alicyclic amines) is 1. The van der Waals surface area contributed by atoms with Crippen LogP contribution in [-0.4, -0.2) is 49.9 Å². The SMILES string of the molecule is Cc1ccc(F)c(-n2nccn2)c1C(=O)N1CCCC(C)C1CNc1ccc(C(F)(F)F)cn1. The van der Waals surface area contributed by atoms with Gasteiger partial charge < -0.3 is 10.2 Å². The molecular formula is C23H24F4N6O. The Bertz CT molecular complexity index is 1150. The summed E-state index contributed by atoms with van der Waals surface area (Å²) in [5.74, 6) is -0.566. The molecule has 0 aliphatic carbocycles. The molecule has 3 aromatic rings. The molecule has 180 valence electrons. The molecule has 0 spiro atoms. The summed E-state index contributed by atoms with van der Waals surface area (Å²) in [6.07, 6.45) is 0.787. The predicted molar refractivity (Wildman–Crippen MR) is 117 cm³/mol. The number of carbonyl (C=O) groups excluding carboxylic acids is 1. The van der Waals surface area contributed by atoms with Gasteiger partial charge in [0, 0.05) is 19.3 Å². The molecule has 0 saturated carbocycles. The van der Waals surface area contributed by atoms with E-state index in [1.807, 2.05) is 6.92 Å². The Balaban J connectivity index is 1.60. The highest BCUT2D eigenvalue weighted by molar-refractivity contribution is 5.99. The van der Waals surface area contributed by atoms with Gasteiger partial charge in [-0.05, 0) is 49.4 Å². The molecule has 2 aromatic heterocycles. The van der Waals surface area contributed by atoms with Crippen LogP contribution in [0.1, 0.15) is 41.3 Å². The fraction of sp³-hybridized carbons (Fsp3) is 0.391. The van der Waals surface area contributed by atoms with Crippen molar-refractivity contribution in [2.75, 3.05) is 18.4 Å². The predicted octanol–water partition coefficient (Wildman–Crippen LogP) is 4.48. The maximum Gasteiger partial charge on any atom is 0.417 e. The lowest BCUT2D eigenvalue weighted by Crippen LogP contribution is -2.51. The molecule has 1 aromatic carbocycles. The molecule has 11 heteroatoms. The van der Waals surface area contributed by atoms with Crippen molar-refractivity contribution in [3.05, 3.63) is 65.4 Å². The number of hydrogen-bond donors (Lipinski definition) is 1. The van der Waals surface area contributed by atoms with Crippen molar-refractivity contribution < 1.29 is 22.4 Å². The highest BCUT2D eigenvalue weighted by Gasteiger charge is 2.35. The van der Waals surface area contributed by atoms with Crippen LogP contribution in [0.4, 0.5) is 23.4 Å². The summed E-state index contributed by atoms with van der Waals surface area (Å²) in [4.78, 5) is 20.4. The van der Waals surface area contributed by atoms with Crippen LogP contribution in [0.2, 0.25) is 0 Å². The van der Waals surface area contributed by atoms with Gasteiger partial charge in [0.25, 0.3) is 5.91 Å². The fourth-order valence-corrected chi connectivity index (χ4v) is 4.29. The quantitative estimate of drug-likeness (QED) is 0.550. The molecule has 2 atom stereocenters. The monoisotopic (exact) mass is 476 g/mol. The number of aromatic nitrogens is 4. The van der Waals surface area contributed by atoms with Crippen LogP contribution in [-0.2, 0) is 6.18 Å². The van der Waals surface area contributed by atoms with Crippen LogP contribution in [0.25, 0.3) is 5.69 Å². The third-order valence-electron chi connectivity index (χ3n) is 6.13. The molecule has 1 aliphatic rings. The Morgan fingerprint density at radius 3 is 2.56 bits per heavy atom. The first-order valence-corrected chi connectivity index (χ1v) is 10.9. The second kappa shape index (κ2) is 9.40. The minimum Gasteiger partial charge on any atom is -0.368 e. The van der Waals surface area contributed by atoms with E-state index < -0.39 is 17.6 Å². The summed E-state index contributed by atoms with van der Waals surface area (Å²) in [5, 5.41) is 11.1. The summed E-state index contributed by atoms with van der Waals surface area (Å²) >= 11 is 0. The largest absolute Gasteiger partial charge is 0.417 e. The van der Waals surface area contributed by atoms with Crippen molar-refractivity contribution in [1.29, 1.82) is 0 Å². The van der Waals surface area contributed by atoms with Crippen LogP contribution in [0.15, 0.2) is 42.9 Å². The van der Waals surface area contributed by atoms with Crippen molar-refractivity contribution >= 4 is 11.7 Å². The van der Waals surface area contributed by atoms with E-state index in [-0.39, 0.29) is 41.5 Å². The van der Waals surface area contributed by atoms with Gasteiger partial charge in [-0.2, -0.15) is 23.4 Å². The van der Waals surface area contributed by atoms with Gasteiger partial charge >= 0.3 is 6.18 Å². The molecule has 34 heavy (non-hydrogen) atoms. The molecule has 7 nitrogen and oxygen atoms in total. The van der Waals surface area contributed by atoms with Crippen molar-refractivity contribution in [1.82, 2.24) is 24.9 Å².